The molecule has 2 aliphatic heterocycles. The molecule has 2 saturated heterocycles. The third-order valence-corrected chi connectivity index (χ3v) is 5.76. The Hall–Kier alpha value is -1.55. The Kier molecular flexibility index (Phi) is 5.44. The molecule has 1 amide bonds. The minimum atomic E-state index is -0.183. The Morgan fingerprint density at radius 3 is 2.50 bits per heavy atom. The number of carbonyl (C=O) groups excluding carboxylic acids is 1. The Bertz CT molecular complexity index is 537. The molecule has 1 aromatic rings. The van der Waals surface area contributed by atoms with Crippen LogP contribution in [0.5, 0.6) is 0 Å². The normalized spacial score (nSPS) is 21.9. The van der Waals surface area contributed by atoms with Crippen LogP contribution in [0, 0.1) is 0 Å². The maximum Gasteiger partial charge on any atom is 0.241 e. The molecular weight excluding hydrogens is 298 g/mol. The second-order valence-corrected chi connectivity index (χ2v) is 7.24. The van der Waals surface area contributed by atoms with Gasteiger partial charge in [0.2, 0.25) is 5.91 Å². The number of rotatable bonds is 6. The Labute approximate surface area is 146 Å². The van der Waals surface area contributed by atoms with E-state index in [2.05, 4.69) is 53.2 Å². The fraction of sp³-hybridized carbons (Fsp3) is 0.650. The molecule has 4 nitrogen and oxygen atoms in total. The molecule has 2 fully saturated rings. The predicted molar refractivity (Wildman–Crippen MR) is 99.1 cm³/mol. The molecule has 0 bridgehead atoms. The van der Waals surface area contributed by atoms with Gasteiger partial charge in [0.15, 0.2) is 0 Å². The third-order valence-electron chi connectivity index (χ3n) is 5.76. The smallest absolute Gasteiger partial charge is 0.241 e. The second-order valence-electron chi connectivity index (χ2n) is 7.24. The summed E-state index contributed by atoms with van der Waals surface area (Å²) in [7, 11) is 0. The van der Waals surface area contributed by atoms with Crippen molar-refractivity contribution in [2.24, 2.45) is 0 Å². The SMILES string of the molecule is CCCCC(CC)N1CCC2(CC1)NC(=O)CN2c1ccccc1. The lowest BCUT2D eigenvalue weighted by Crippen LogP contribution is -2.59. The molecule has 1 aromatic carbocycles. The molecule has 132 valence electrons. The molecule has 4 heteroatoms. The monoisotopic (exact) mass is 329 g/mol. The Morgan fingerprint density at radius 1 is 1.17 bits per heavy atom. The summed E-state index contributed by atoms with van der Waals surface area (Å²) in [5, 5.41) is 3.30. The van der Waals surface area contributed by atoms with Crippen LogP contribution in [0.4, 0.5) is 5.69 Å². The molecule has 0 aliphatic carbocycles. The van der Waals surface area contributed by atoms with Crippen LogP contribution in [0.2, 0.25) is 0 Å². The highest BCUT2D eigenvalue weighted by atomic mass is 16.2. The zero-order valence-corrected chi connectivity index (χ0v) is 15.1. The summed E-state index contributed by atoms with van der Waals surface area (Å²) in [6.07, 6.45) is 7.13. The van der Waals surface area contributed by atoms with Crippen molar-refractivity contribution in [2.75, 3.05) is 24.5 Å². The van der Waals surface area contributed by atoms with Crippen LogP contribution in [0.15, 0.2) is 30.3 Å². The summed E-state index contributed by atoms with van der Waals surface area (Å²) in [6.45, 7) is 7.21. The summed E-state index contributed by atoms with van der Waals surface area (Å²) < 4.78 is 0. The first-order valence-corrected chi connectivity index (χ1v) is 9.56. The number of hydrogen-bond acceptors (Lipinski definition) is 3. The minimum absolute atomic E-state index is 0.158. The van der Waals surface area contributed by atoms with Crippen LogP contribution in [-0.2, 0) is 4.79 Å². The first-order valence-electron chi connectivity index (χ1n) is 9.56. The molecule has 0 saturated carbocycles. The van der Waals surface area contributed by atoms with Gasteiger partial charge in [0.25, 0.3) is 0 Å². The highest BCUT2D eigenvalue weighted by Gasteiger charge is 2.47. The lowest BCUT2D eigenvalue weighted by Gasteiger charge is -2.47. The topological polar surface area (TPSA) is 35.6 Å². The van der Waals surface area contributed by atoms with Gasteiger partial charge >= 0.3 is 0 Å². The molecule has 1 spiro atoms. The number of nitrogens with one attached hydrogen (secondary N) is 1. The summed E-state index contributed by atoms with van der Waals surface area (Å²) in [4.78, 5) is 17.1. The van der Waals surface area contributed by atoms with E-state index in [0.717, 1.165) is 31.6 Å². The molecule has 2 heterocycles. The first kappa shape index (κ1) is 17.3. The minimum Gasteiger partial charge on any atom is -0.339 e. The van der Waals surface area contributed by atoms with Crippen LogP contribution in [0.25, 0.3) is 0 Å². The maximum atomic E-state index is 12.1. The zero-order valence-electron chi connectivity index (χ0n) is 15.1. The van der Waals surface area contributed by atoms with Crippen molar-refractivity contribution in [3.63, 3.8) is 0 Å². The molecule has 1 unspecified atom stereocenters. The van der Waals surface area contributed by atoms with Gasteiger partial charge in [0.05, 0.1) is 6.54 Å². The van der Waals surface area contributed by atoms with Crippen LogP contribution < -0.4 is 10.2 Å². The lowest BCUT2D eigenvalue weighted by molar-refractivity contribution is -0.119. The van der Waals surface area contributed by atoms with Gasteiger partial charge in [0.1, 0.15) is 5.66 Å². The lowest BCUT2D eigenvalue weighted by atomic mass is 9.93. The van der Waals surface area contributed by atoms with Gasteiger partial charge in [-0.15, -0.1) is 0 Å². The van der Waals surface area contributed by atoms with Gasteiger partial charge < -0.3 is 15.1 Å². The number of nitrogens with zero attached hydrogens (tertiary/aromatic N) is 2. The van der Waals surface area contributed by atoms with Crippen LogP contribution >= 0.6 is 0 Å². The fourth-order valence-electron chi connectivity index (χ4n) is 4.35. The van der Waals surface area contributed by atoms with E-state index in [1.54, 1.807) is 0 Å². The molecule has 1 N–H and O–H groups in total. The van der Waals surface area contributed by atoms with Crippen molar-refractivity contribution in [2.45, 2.75) is 64.1 Å². The van der Waals surface area contributed by atoms with Crippen molar-refractivity contribution in [3.05, 3.63) is 30.3 Å². The van der Waals surface area contributed by atoms with E-state index in [-0.39, 0.29) is 11.6 Å². The Morgan fingerprint density at radius 2 is 1.88 bits per heavy atom. The number of anilines is 1. The summed E-state index contributed by atoms with van der Waals surface area (Å²) >= 11 is 0. The summed E-state index contributed by atoms with van der Waals surface area (Å²) in [5.41, 5.74) is 0.972. The van der Waals surface area contributed by atoms with Crippen molar-refractivity contribution < 1.29 is 4.79 Å². The van der Waals surface area contributed by atoms with Crippen molar-refractivity contribution in [1.29, 1.82) is 0 Å². The molecular formula is C20H31N3O. The summed E-state index contributed by atoms with van der Waals surface area (Å²) in [5.74, 6) is 0.158. The van der Waals surface area contributed by atoms with E-state index in [4.69, 9.17) is 0 Å². The van der Waals surface area contributed by atoms with E-state index < -0.39 is 0 Å². The number of likely N-dealkylation sites (tertiary alicyclic amines) is 1. The highest BCUT2D eigenvalue weighted by molar-refractivity contribution is 5.86. The number of unbranched alkanes of at least 4 members (excludes halogenated alkanes) is 1. The van der Waals surface area contributed by atoms with E-state index in [1.807, 2.05) is 6.07 Å². The van der Waals surface area contributed by atoms with Gasteiger partial charge in [-0.3, -0.25) is 4.79 Å². The van der Waals surface area contributed by atoms with Crippen molar-refractivity contribution >= 4 is 11.6 Å². The first-order chi connectivity index (χ1) is 11.7. The van der Waals surface area contributed by atoms with Crippen molar-refractivity contribution in [3.8, 4) is 0 Å². The Balaban J connectivity index is 1.70. The van der Waals surface area contributed by atoms with Gasteiger partial charge in [-0.05, 0) is 25.0 Å². The molecule has 1 atom stereocenters. The number of benzene rings is 1. The number of para-hydroxylation sites is 1. The van der Waals surface area contributed by atoms with E-state index in [0.29, 0.717) is 12.6 Å². The average molecular weight is 329 g/mol. The van der Waals surface area contributed by atoms with E-state index >= 15 is 0 Å². The van der Waals surface area contributed by atoms with Gasteiger partial charge in [-0.1, -0.05) is 44.9 Å². The zero-order chi connectivity index (χ0) is 17.0. The fourth-order valence-corrected chi connectivity index (χ4v) is 4.35. The van der Waals surface area contributed by atoms with Gasteiger partial charge in [0, 0.05) is 37.7 Å². The largest absolute Gasteiger partial charge is 0.339 e. The molecule has 3 rings (SSSR count). The van der Waals surface area contributed by atoms with Gasteiger partial charge in [-0.25, -0.2) is 0 Å². The van der Waals surface area contributed by atoms with E-state index in [1.165, 1.54) is 25.7 Å². The quantitative estimate of drug-likeness (QED) is 0.869. The second kappa shape index (κ2) is 7.56. The molecule has 24 heavy (non-hydrogen) atoms. The van der Waals surface area contributed by atoms with Crippen LogP contribution in [-0.4, -0.2) is 42.1 Å². The van der Waals surface area contributed by atoms with Crippen LogP contribution in [0.3, 0.4) is 0 Å². The van der Waals surface area contributed by atoms with Crippen LogP contribution in [0.1, 0.15) is 52.4 Å². The standard InChI is InChI=1S/C20H31N3O/c1-3-5-9-17(4-2)22-14-12-20(13-15-22)21-19(24)16-23(20)18-10-7-6-8-11-18/h6-8,10-11,17H,3-5,9,12-16H2,1-2H3,(H,21,24). The molecule has 0 radical (unpaired) electrons. The highest BCUT2D eigenvalue weighted by Crippen LogP contribution is 2.35. The van der Waals surface area contributed by atoms with Gasteiger partial charge in [-0.2, -0.15) is 0 Å². The summed E-state index contributed by atoms with van der Waals surface area (Å²) in [6, 6.07) is 11.1. The molecule has 0 aromatic heterocycles. The average Bonchev–Trinajstić information content (AvgIpc) is 2.94. The molecule has 2 aliphatic rings. The number of carbonyl (C=O) groups is 1. The number of amides is 1. The number of piperidine rings is 1. The van der Waals surface area contributed by atoms with E-state index in [9.17, 15) is 4.79 Å². The maximum absolute atomic E-state index is 12.1. The predicted octanol–water partition coefficient (Wildman–Crippen LogP) is 3.38. The third kappa shape index (κ3) is 3.44. The number of hydrogen-bond donors (Lipinski definition) is 1. The van der Waals surface area contributed by atoms with Crippen molar-refractivity contribution in [1.82, 2.24) is 10.2 Å².